The molecular formula is C20H24O. The minimum absolute atomic E-state index is 0.0255. The Bertz CT molecular complexity index is 559. The highest BCUT2D eigenvalue weighted by molar-refractivity contribution is 5.30. The summed E-state index contributed by atoms with van der Waals surface area (Å²) in [6, 6.07) is 20.4. The molecule has 0 bridgehead atoms. The van der Waals surface area contributed by atoms with Crippen molar-refractivity contribution >= 4 is 0 Å². The molecule has 2 aromatic carbocycles. The molecule has 0 saturated carbocycles. The summed E-state index contributed by atoms with van der Waals surface area (Å²) in [6.45, 7) is 4.44. The van der Waals surface area contributed by atoms with Crippen molar-refractivity contribution in [1.29, 1.82) is 0 Å². The summed E-state index contributed by atoms with van der Waals surface area (Å²) in [4.78, 5) is 0. The molecule has 0 radical (unpaired) electrons. The van der Waals surface area contributed by atoms with Gasteiger partial charge in [-0.2, -0.15) is 0 Å². The van der Waals surface area contributed by atoms with Crippen molar-refractivity contribution in [3.05, 3.63) is 83.9 Å². The summed E-state index contributed by atoms with van der Waals surface area (Å²) in [5, 5.41) is 10.2. The van der Waals surface area contributed by atoms with Crippen molar-refractivity contribution in [2.45, 2.75) is 38.2 Å². The van der Waals surface area contributed by atoms with Crippen LogP contribution in [0, 0.1) is 0 Å². The monoisotopic (exact) mass is 280 g/mol. The molecule has 21 heavy (non-hydrogen) atoms. The van der Waals surface area contributed by atoms with Gasteiger partial charge in [0.05, 0.1) is 6.10 Å². The zero-order chi connectivity index (χ0) is 15.1. The lowest BCUT2D eigenvalue weighted by atomic mass is 9.79. The van der Waals surface area contributed by atoms with Gasteiger partial charge in [0, 0.05) is 5.41 Å². The fourth-order valence-electron chi connectivity index (χ4n) is 2.51. The lowest BCUT2D eigenvalue weighted by Gasteiger charge is -2.25. The van der Waals surface area contributed by atoms with Crippen LogP contribution in [0.15, 0.2) is 72.8 Å². The van der Waals surface area contributed by atoms with Crippen LogP contribution in [-0.4, -0.2) is 5.11 Å². The van der Waals surface area contributed by atoms with E-state index in [-0.39, 0.29) is 5.41 Å². The Hall–Kier alpha value is -1.86. The molecule has 0 aliphatic rings. The van der Waals surface area contributed by atoms with Gasteiger partial charge in [0.2, 0.25) is 0 Å². The lowest BCUT2D eigenvalue weighted by Crippen LogP contribution is -2.17. The van der Waals surface area contributed by atoms with Crippen molar-refractivity contribution in [2.24, 2.45) is 0 Å². The number of allylic oxidation sites excluding steroid dienone is 1. The van der Waals surface area contributed by atoms with E-state index in [4.69, 9.17) is 0 Å². The van der Waals surface area contributed by atoms with Gasteiger partial charge in [-0.1, -0.05) is 86.7 Å². The molecule has 0 aromatic heterocycles. The summed E-state index contributed by atoms with van der Waals surface area (Å²) >= 11 is 0. The van der Waals surface area contributed by atoms with Crippen LogP contribution in [0.25, 0.3) is 0 Å². The van der Waals surface area contributed by atoms with Gasteiger partial charge in [-0.15, -0.1) is 0 Å². The van der Waals surface area contributed by atoms with E-state index < -0.39 is 6.10 Å². The van der Waals surface area contributed by atoms with E-state index in [1.54, 1.807) is 0 Å². The Kier molecular flexibility index (Phi) is 5.35. The van der Waals surface area contributed by atoms with Crippen LogP contribution in [0.5, 0.6) is 0 Å². The average molecular weight is 280 g/mol. The minimum Gasteiger partial charge on any atom is -0.388 e. The average Bonchev–Trinajstić information content (AvgIpc) is 2.56. The molecule has 0 unspecified atom stereocenters. The molecule has 0 aliphatic carbocycles. The quantitative estimate of drug-likeness (QED) is 0.735. The summed E-state index contributed by atoms with van der Waals surface area (Å²) in [6.07, 6.45) is 5.59. The number of hydrogen-bond acceptors (Lipinski definition) is 1. The van der Waals surface area contributed by atoms with Crippen molar-refractivity contribution < 1.29 is 5.11 Å². The van der Waals surface area contributed by atoms with Gasteiger partial charge in [0.25, 0.3) is 0 Å². The van der Waals surface area contributed by atoms with Crippen LogP contribution >= 0.6 is 0 Å². The highest BCUT2D eigenvalue weighted by Crippen LogP contribution is 2.29. The predicted molar refractivity (Wildman–Crippen MR) is 89.2 cm³/mol. The van der Waals surface area contributed by atoms with Gasteiger partial charge < -0.3 is 5.11 Å². The second-order valence-corrected chi connectivity index (χ2v) is 5.70. The number of aliphatic hydroxyl groups is 1. The largest absolute Gasteiger partial charge is 0.388 e. The molecule has 2 aromatic rings. The third-order valence-corrected chi connectivity index (χ3v) is 4.20. The maximum atomic E-state index is 10.2. The van der Waals surface area contributed by atoms with E-state index in [9.17, 15) is 5.11 Å². The van der Waals surface area contributed by atoms with Crippen LogP contribution in [0.3, 0.4) is 0 Å². The zero-order valence-electron chi connectivity index (χ0n) is 12.9. The highest BCUT2D eigenvalue weighted by atomic mass is 16.3. The van der Waals surface area contributed by atoms with Crippen molar-refractivity contribution in [2.75, 3.05) is 0 Å². The van der Waals surface area contributed by atoms with Crippen LogP contribution in [-0.2, 0) is 5.41 Å². The van der Waals surface area contributed by atoms with Gasteiger partial charge >= 0.3 is 0 Å². The van der Waals surface area contributed by atoms with Crippen molar-refractivity contribution in [3.63, 3.8) is 0 Å². The second kappa shape index (κ2) is 7.24. The molecule has 0 amide bonds. The van der Waals surface area contributed by atoms with Crippen molar-refractivity contribution in [1.82, 2.24) is 0 Å². The molecule has 1 nitrogen and oxygen atoms in total. The van der Waals surface area contributed by atoms with Crippen LogP contribution < -0.4 is 0 Å². The van der Waals surface area contributed by atoms with Crippen molar-refractivity contribution in [3.8, 4) is 0 Å². The molecule has 0 fully saturated rings. The number of aliphatic hydroxyl groups excluding tert-OH is 1. The number of hydrogen-bond donors (Lipinski definition) is 1. The first-order valence-corrected chi connectivity index (χ1v) is 7.62. The maximum absolute atomic E-state index is 10.2. The van der Waals surface area contributed by atoms with Crippen LogP contribution in [0.1, 0.15) is 43.9 Å². The van der Waals surface area contributed by atoms with E-state index in [0.29, 0.717) is 6.42 Å². The molecule has 2 atom stereocenters. The van der Waals surface area contributed by atoms with E-state index in [1.165, 1.54) is 5.56 Å². The van der Waals surface area contributed by atoms with E-state index >= 15 is 0 Å². The predicted octanol–water partition coefficient (Wildman–Crippen LogP) is 5.03. The summed E-state index contributed by atoms with van der Waals surface area (Å²) in [5.74, 6) is 0. The first kappa shape index (κ1) is 15.5. The smallest absolute Gasteiger partial charge is 0.0824 e. The Balaban J connectivity index is 2.05. The molecule has 1 heteroatoms. The fourth-order valence-corrected chi connectivity index (χ4v) is 2.51. The van der Waals surface area contributed by atoms with Gasteiger partial charge in [-0.3, -0.25) is 0 Å². The molecule has 2 rings (SSSR count). The molecule has 0 heterocycles. The Morgan fingerprint density at radius 2 is 1.57 bits per heavy atom. The maximum Gasteiger partial charge on any atom is 0.0824 e. The minimum atomic E-state index is -0.431. The highest BCUT2D eigenvalue weighted by Gasteiger charge is 2.20. The first-order chi connectivity index (χ1) is 10.2. The standard InChI is InChI=1S/C20H24O/c1-3-20(2,18-13-8-5-9-14-18)16-10-15-19(21)17-11-6-4-7-12-17/h4-14,16,19,21H,3,15H2,1-2H3/b16-10+/t19-,20-/m0/s1. The Morgan fingerprint density at radius 3 is 2.14 bits per heavy atom. The fraction of sp³-hybridized carbons (Fsp3) is 0.300. The lowest BCUT2D eigenvalue weighted by molar-refractivity contribution is 0.181. The zero-order valence-corrected chi connectivity index (χ0v) is 12.9. The van der Waals surface area contributed by atoms with Crippen LogP contribution in [0.2, 0.25) is 0 Å². The normalized spacial score (nSPS) is 15.8. The molecule has 0 aliphatic heterocycles. The third kappa shape index (κ3) is 4.05. The Morgan fingerprint density at radius 1 is 1.00 bits per heavy atom. The molecule has 0 saturated heterocycles. The van der Waals surface area contributed by atoms with Gasteiger partial charge in [-0.25, -0.2) is 0 Å². The third-order valence-electron chi connectivity index (χ3n) is 4.20. The molecule has 1 N–H and O–H groups in total. The SMILES string of the molecule is CC[C@@](C)(/C=C/C[C@H](O)c1ccccc1)c1ccccc1. The summed E-state index contributed by atoms with van der Waals surface area (Å²) in [5.41, 5.74) is 2.32. The number of rotatable bonds is 6. The molecular weight excluding hydrogens is 256 g/mol. The van der Waals surface area contributed by atoms with E-state index in [2.05, 4.69) is 50.3 Å². The summed E-state index contributed by atoms with van der Waals surface area (Å²) in [7, 11) is 0. The molecule has 110 valence electrons. The molecule has 0 spiro atoms. The first-order valence-electron chi connectivity index (χ1n) is 7.62. The number of benzene rings is 2. The Labute approximate surface area is 128 Å². The summed E-state index contributed by atoms with van der Waals surface area (Å²) < 4.78 is 0. The topological polar surface area (TPSA) is 20.2 Å². The second-order valence-electron chi connectivity index (χ2n) is 5.70. The van der Waals surface area contributed by atoms with Crippen LogP contribution in [0.4, 0.5) is 0 Å². The van der Waals surface area contributed by atoms with Gasteiger partial charge in [0.15, 0.2) is 0 Å². The van der Waals surface area contributed by atoms with E-state index in [1.807, 2.05) is 36.4 Å². The van der Waals surface area contributed by atoms with Gasteiger partial charge in [-0.05, 0) is 24.0 Å². The van der Waals surface area contributed by atoms with E-state index in [0.717, 1.165) is 12.0 Å². The van der Waals surface area contributed by atoms with Gasteiger partial charge in [0.1, 0.15) is 0 Å².